The van der Waals surface area contributed by atoms with E-state index in [1.165, 1.54) is 13.2 Å². The second-order valence-corrected chi connectivity index (χ2v) is 5.21. The molecule has 0 aliphatic carbocycles. The van der Waals surface area contributed by atoms with Gasteiger partial charge in [-0.2, -0.15) is 0 Å². The maximum Gasteiger partial charge on any atom is 0.222 e. The molecule has 0 unspecified atom stereocenters. The van der Waals surface area contributed by atoms with Crippen LogP contribution in [0.1, 0.15) is 11.3 Å². The van der Waals surface area contributed by atoms with E-state index in [0.717, 1.165) is 0 Å². The molecule has 2 heterocycles. The lowest BCUT2D eigenvalue weighted by Gasteiger charge is -2.10. The van der Waals surface area contributed by atoms with Crippen molar-refractivity contribution in [3.63, 3.8) is 0 Å². The lowest BCUT2D eigenvalue weighted by molar-refractivity contribution is 0.421. The summed E-state index contributed by atoms with van der Waals surface area (Å²) in [6.45, 7) is 1.68. The maximum atomic E-state index is 12.3. The Labute approximate surface area is 129 Å². The van der Waals surface area contributed by atoms with E-state index in [9.17, 15) is 4.79 Å². The minimum Gasteiger partial charge on any atom is -0.495 e. The van der Waals surface area contributed by atoms with E-state index in [4.69, 9.17) is 36.9 Å². The number of rotatable bonds is 2. The second kappa shape index (κ2) is 4.96. The zero-order chi connectivity index (χ0) is 16.0. The molecule has 7 heteroatoms. The summed E-state index contributed by atoms with van der Waals surface area (Å²) in [5, 5.41) is 8.65. The molecule has 2 aromatic heterocycles. The van der Waals surface area contributed by atoms with E-state index in [-0.39, 0.29) is 21.5 Å². The standard InChI is InChI=1S/C15H12N2O4S/c1-6-3-9(18)12-11(20-6)5-10-7(13(12)19-2)4-8(15(17)22)14(16)21-10/h3-5,16H,1-2H3,(H2,17,22). The molecular formula is C15H12N2O4S. The molecule has 0 fully saturated rings. The Morgan fingerprint density at radius 1 is 1.27 bits per heavy atom. The fourth-order valence-corrected chi connectivity index (χ4v) is 2.54. The van der Waals surface area contributed by atoms with Crippen molar-refractivity contribution in [2.75, 3.05) is 7.11 Å². The van der Waals surface area contributed by atoms with Crippen molar-refractivity contribution in [1.29, 1.82) is 5.41 Å². The monoisotopic (exact) mass is 316 g/mol. The minimum absolute atomic E-state index is 0.0359. The lowest BCUT2D eigenvalue weighted by Crippen LogP contribution is -2.20. The maximum absolute atomic E-state index is 12.3. The zero-order valence-corrected chi connectivity index (χ0v) is 12.7. The SMILES string of the molecule is COc1c2cc(C(N)=S)c(=N)oc2cc2oc(C)cc(=O)c12. The van der Waals surface area contributed by atoms with E-state index in [1.54, 1.807) is 19.1 Å². The summed E-state index contributed by atoms with van der Waals surface area (Å²) in [7, 11) is 1.45. The summed E-state index contributed by atoms with van der Waals surface area (Å²) in [6.07, 6.45) is 0. The number of nitrogens with one attached hydrogen (secondary N) is 1. The first-order chi connectivity index (χ1) is 10.4. The predicted octanol–water partition coefficient (Wildman–Crippen LogP) is 1.97. The number of methoxy groups -OCH3 is 1. The zero-order valence-electron chi connectivity index (χ0n) is 11.9. The van der Waals surface area contributed by atoms with Gasteiger partial charge in [0.05, 0.1) is 18.1 Å². The van der Waals surface area contributed by atoms with Gasteiger partial charge in [0.25, 0.3) is 0 Å². The molecule has 6 nitrogen and oxygen atoms in total. The highest BCUT2D eigenvalue weighted by Gasteiger charge is 2.17. The molecule has 3 rings (SSSR count). The van der Waals surface area contributed by atoms with Crippen LogP contribution in [0.15, 0.2) is 31.8 Å². The van der Waals surface area contributed by atoms with E-state index < -0.39 is 0 Å². The number of fused-ring (bicyclic) bond motifs is 2. The average molecular weight is 316 g/mol. The van der Waals surface area contributed by atoms with Crippen LogP contribution in [0.4, 0.5) is 0 Å². The molecule has 1 aromatic carbocycles. The summed E-state index contributed by atoms with van der Waals surface area (Å²) < 4.78 is 16.4. The third-order valence-corrected chi connectivity index (χ3v) is 3.53. The van der Waals surface area contributed by atoms with Crippen LogP contribution in [-0.2, 0) is 0 Å². The van der Waals surface area contributed by atoms with E-state index in [0.29, 0.717) is 33.4 Å². The van der Waals surface area contributed by atoms with Gasteiger partial charge in [-0.25, -0.2) is 0 Å². The summed E-state index contributed by atoms with van der Waals surface area (Å²) in [4.78, 5) is 12.3. The van der Waals surface area contributed by atoms with Crippen LogP contribution >= 0.6 is 12.2 Å². The fraction of sp³-hybridized carbons (Fsp3) is 0.133. The Bertz CT molecular complexity index is 1050. The topological polar surface area (TPSA) is 102 Å². The first-order valence-corrected chi connectivity index (χ1v) is 6.77. The molecule has 0 aliphatic rings. The van der Waals surface area contributed by atoms with Crippen LogP contribution in [0, 0.1) is 12.3 Å². The number of aryl methyl sites for hydroxylation is 1. The number of benzene rings is 1. The van der Waals surface area contributed by atoms with Gasteiger partial charge in [-0.1, -0.05) is 12.2 Å². The highest BCUT2D eigenvalue weighted by molar-refractivity contribution is 7.80. The number of ether oxygens (including phenoxy) is 1. The quantitative estimate of drug-likeness (QED) is 0.553. The van der Waals surface area contributed by atoms with E-state index >= 15 is 0 Å². The van der Waals surface area contributed by atoms with Gasteiger partial charge in [0.1, 0.15) is 33.1 Å². The Morgan fingerprint density at radius 2 is 2.00 bits per heavy atom. The Kier molecular flexibility index (Phi) is 3.22. The highest BCUT2D eigenvalue weighted by Crippen LogP contribution is 2.33. The second-order valence-electron chi connectivity index (χ2n) is 4.77. The molecule has 0 bridgehead atoms. The first kappa shape index (κ1) is 14.3. The Balaban J connectivity index is 2.59. The summed E-state index contributed by atoms with van der Waals surface area (Å²) in [6, 6.07) is 4.53. The minimum atomic E-state index is -0.218. The van der Waals surface area contributed by atoms with Crippen LogP contribution in [-0.4, -0.2) is 12.1 Å². The van der Waals surface area contributed by atoms with Crippen LogP contribution in [0.25, 0.3) is 21.9 Å². The van der Waals surface area contributed by atoms with Crippen molar-refractivity contribution < 1.29 is 13.6 Å². The number of nitrogens with two attached hydrogens (primary N) is 1. The number of hydrogen-bond donors (Lipinski definition) is 2. The molecule has 0 radical (unpaired) electrons. The van der Waals surface area contributed by atoms with Crippen LogP contribution in [0.2, 0.25) is 0 Å². The van der Waals surface area contributed by atoms with Gasteiger partial charge in [0, 0.05) is 12.1 Å². The van der Waals surface area contributed by atoms with Gasteiger partial charge >= 0.3 is 0 Å². The van der Waals surface area contributed by atoms with Crippen LogP contribution < -0.4 is 21.5 Å². The molecule has 0 saturated heterocycles. The van der Waals surface area contributed by atoms with Crippen molar-refractivity contribution in [2.24, 2.45) is 5.73 Å². The third-order valence-electron chi connectivity index (χ3n) is 3.31. The highest BCUT2D eigenvalue weighted by atomic mass is 32.1. The van der Waals surface area contributed by atoms with Gasteiger partial charge in [-0.05, 0) is 13.0 Å². The summed E-state index contributed by atoms with van der Waals surface area (Å²) >= 11 is 4.91. The molecule has 22 heavy (non-hydrogen) atoms. The number of thiocarbonyl (C=S) groups is 1. The van der Waals surface area contributed by atoms with Gasteiger partial charge in [0.2, 0.25) is 5.55 Å². The number of hydrogen-bond acceptors (Lipinski definition) is 6. The molecular weight excluding hydrogens is 304 g/mol. The van der Waals surface area contributed by atoms with Gasteiger partial charge in [-0.15, -0.1) is 0 Å². The van der Waals surface area contributed by atoms with E-state index in [1.807, 2.05) is 0 Å². The fourth-order valence-electron chi connectivity index (χ4n) is 2.39. The Hall–Kier alpha value is -2.67. The van der Waals surface area contributed by atoms with Crippen molar-refractivity contribution in [1.82, 2.24) is 0 Å². The first-order valence-electron chi connectivity index (χ1n) is 6.36. The van der Waals surface area contributed by atoms with Crippen molar-refractivity contribution in [3.8, 4) is 5.75 Å². The van der Waals surface area contributed by atoms with Gasteiger partial charge in [-0.3, -0.25) is 10.2 Å². The third kappa shape index (κ3) is 2.06. The molecule has 3 N–H and O–H groups in total. The van der Waals surface area contributed by atoms with Crippen LogP contribution in [0.5, 0.6) is 5.75 Å². The molecule has 3 aromatic rings. The van der Waals surface area contributed by atoms with Gasteiger partial charge < -0.3 is 19.3 Å². The molecule has 112 valence electrons. The van der Waals surface area contributed by atoms with Crippen molar-refractivity contribution in [2.45, 2.75) is 6.92 Å². The molecule has 0 saturated carbocycles. The molecule has 0 spiro atoms. The van der Waals surface area contributed by atoms with Crippen LogP contribution in [0.3, 0.4) is 0 Å². The average Bonchev–Trinajstić information content (AvgIpc) is 2.43. The van der Waals surface area contributed by atoms with Crippen molar-refractivity contribution in [3.05, 3.63) is 45.3 Å². The predicted molar refractivity (Wildman–Crippen MR) is 85.3 cm³/mol. The van der Waals surface area contributed by atoms with Crippen molar-refractivity contribution >= 4 is 39.1 Å². The normalized spacial score (nSPS) is 11.0. The lowest BCUT2D eigenvalue weighted by atomic mass is 10.1. The summed E-state index contributed by atoms with van der Waals surface area (Å²) in [5.74, 6) is 0.784. The molecule has 0 aliphatic heterocycles. The molecule has 0 amide bonds. The largest absolute Gasteiger partial charge is 0.495 e. The molecule has 0 atom stereocenters. The Morgan fingerprint density at radius 3 is 2.64 bits per heavy atom. The summed E-state index contributed by atoms with van der Waals surface area (Å²) in [5.41, 5.74) is 6.17. The van der Waals surface area contributed by atoms with E-state index in [2.05, 4.69) is 0 Å². The smallest absolute Gasteiger partial charge is 0.222 e. The van der Waals surface area contributed by atoms with Gasteiger partial charge in [0.15, 0.2) is 5.43 Å².